The van der Waals surface area contributed by atoms with Crippen LogP contribution >= 0.6 is 11.3 Å². The zero-order valence-electron chi connectivity index (χ0n) is 9.46. The van der Waals surface area contributed by atoms with E-state index in [1.807, 2.05) is 11.3 Å². The number of nitrogens with one attached hydrogen (secondary N) is 1. The van der Waals surface area contributed by atoms with Crippen LogP contribution < -0.4 is 5.32 Å². The molecule has 1 aliphatic heterocycles. The molecule has 2 heterocycles. The molecule has 0 atom stereocenters. The number of nitrogens with zero attached hydrogens (tertiary/aromatic N) is 1. The van der Waals surface area contributed by atoms with Crippen LogP contribution in [0.3, 0.4) is 0 Å². The lowest BCUT2D eigenvalue weighted by Gasteiger charge is -2.26. The molecule has 0 spiro atoms. The molecule has 1 aromatic heterocycles. The van der Waals surface area contributed by atoms with Crippen molar-refractivity contribution in [3.63, 3.8) is 0 Å². The van der Waals surface area contributed by atoms with E-state index in [2.05, 4.69) is 28.6 Å². The Morgan fingerprint density at radius 2 is 2.20 bits per heavy atom. The smallest absolute Gasteiger partial charge is 0.0107 e. The van der Waals surface area contributed by atoms with Gasteiger partial charge >= 0.3 is 0 Å². The van der Waals surface area contributed by atoms with Gasteiger partial charge in [-0.3, -0.25) is 0 Å². The standard InChI is InChI=1S/C12H20N2S/c1-11-4-10-15-12(11)3-2-7-14-8-5-13-6-9-14/h4,10,13H,2-3,5-9H2,1H3. The summed E-state index contributed by atoms with van der Waals surface area (Å²) in [5.41, 5.74) is 1.47. The van der Waals surface area contributed by atoms with Crippen LogP contribution in [0.4, 0.5) is 0 Å². The Bertz CT molecular complexity index is 290. The predicted molar refractivity (Wildman–Crippen MR) is 66.7 cm³/mol. The quantitative estimate of drug-likeness (QED) is 0.840. The van der Waals surface area contributed by atoms with Gasteiger partial charge < -0.3 is 10.2 Å². The fraction of sp³-hybridized carbons (Fsp3) is 0.667. The summed E-state index contributed by atoms with van der Waals surface area (Å²) in [5, 5.41) is 5.59. The second-order valence-electron chi connectivity index (χ2n) is 4.22. The van der Waals surface area contributed by atoms with Crippen molar-refractivity contribution in [2.24, 2.45) is 0 Å². The largest absolute Gasteiger partial charge is 0.314 e. The van der Waals surface area contributed by atoms with Crippen LogP contribution in [0, 0.1) is 6.92 Å². The van der Waals surface area contributed by atoms with E-state index in [4.69, 9.17) is 0 Å². The monoisotopic (exact) mass is 224 g/mol. The summed E-state index contributed by atoms with van der Waals surface area (Å²) >= 11 is 1.91. The lowest BCUT2D eigenvalue weighted by Crippen LogP contribution is -2.43. The maximum Gasteiger partial charge on any atom is 0.0107 e. The number of piperazine rings is 1. The molecule has 0 bridgehead atoms. The van der Waals surface area contributed by atoms with Crippen molar-refractivity contribution in [2.75, 3.05) is 32.7 Å². The molecule has 1 N–H and O–H groups in total. The molecule has 0 saturated carbocycles. The van der Waals surface area contributed by atoms with Crippen molar-refractivity contribution in [3.05, 3.63) is 21.9 Å². The van der Waals surface area contributed by atoms with E-state index in [0.29, 0.717) is 0 Å². The van der Waals surface area contributed by atoms with Crippen molar-refractivity contribution >= 4 is 11.3 Å². The van der Waals surface area contributed by atoms with E-state index in [9.17, 15) is 0 Å². The molecule has 0 radical (unpaired) electrons. The maximum atomic E-state index is 3.39. The molecular weight excluding hydrogens is 204 g/mol. The van der Waals surface area contributed by atoms with E-state index >= 15 is 0 Å². The van der Waals surface area contributed by atoms with Crippen LogP contribution in [0.2, 0.25) is 0 Å². The lowest BCUT2D eigenvalue weighted by molar-refractivity contribution is 0.239. The molecule has 1 aromatic rings. The molecule has 84 valence electrons. The molecule has 15 heavy (non-hydrogen) atoms. The summed E-state index contributed by atoms with van der Waals surface area (Å²) in [5.74, 6) is 0. The Balaban J connectivity index is 1.68. The van der Waals surface area contributed by atoms with Crippen LogP contribution in [-0.4, -0.2) is 37.6 Å². The Labute approximate surface area is 96.3 Å². The summed E-state index contributed by atoms with van der Waals surface area (Å²) in [4.78, 5) is 4.14. The number of hydrogen-bond acceptors (Lipinski definition) is 3. The highest BCUT2D eigenvalue weighted by Gasteiger charge is 2.08. The molecule has 2 rings (SSSR count). The Morgan fingerprint density at radius 3 is 2.87 bits per heavy atom. The molecule has 0 unspecified atom stereocenters. The van der Waals surface area contributed by atoms with E-state index in [1.54, 1.807) is 4.88 Å². The van der Waals surface area contributed by atoms with Gasteiger partial charge in [-0.05, 0) is 43.3 Å². The average molecular weight is 224 g/mol. The third-order valence-electron chi connectivity index (χ3n) is 3.06. The molecule has 0 amide bonds. The third kappa shape index (κ3) is 3.30. The maximum absolute atomic E-state index is 3.39. The Morgan fingerprint density at radius 1 is 1.40 bits per heavy atom. The first-order valence-corrected chi connectivity index (χ1v) is 6.70. The third-order valence-corrected chi connectivity index (χ3v) is 4.14. The molecule has 0 aromatic carbocycles. The van der Waals surface area contributed by atoms with Gasteiger partial charge in [-0.2, -0.15) is 0 Å². The van der Waals surface area contributed by atoms with Crippen LogP contribution in [0.1, 0.15) is 16.9 Å². The predicted octanol–water partition coefficient (Wildman–Crippen LogP) is 1.89. The normalized spacial score (nSPS) is 18.2. The lowest BCUT2D eigenvalue weighted by atomic mass is 10.2. The first kappa shape index (κ1) is 11.1. The SMILES string of the molecule is Cc1ccsc1CCCN1CCNCC1. The van der Waals surface area contributed by atoms with Crippen molar-refractivity contribution < 1.29 is 0 Å². The topological polar surface area (TPSA) is 15.3 Å². The van der Waals surface area contributed by atoms with Gasteiger partial charge in [-0.1, -0.05) is 0 Å². The molecule has 3 heteroatoms. The second kappa shape index (κ2) is 5.64. The van der Waals surface area contributed by atoms with Gasteiger partial charge in [0, 0.05) is 31.1 Å². The summed E-state index contributed by atoms with van der Waals surface area (Å²) in [6, 6.07) is 2.23. The van der Waals surface area contributed by atoms with Crippen molar-refractivity contribution in [1.82, 2.24) is 10.2 Å². The first-order chi connectivity index (χ1) is 7.36. The highest BCUT2D eigenvalue weighted by Crippen LogP contribution is 2.17. The molecule has 0 aliphatic carbocycles. The second-order valence-corrected chi connectivity index (χ2v) is 5.22. The van der Waals surface area contributed by atoms with Gasteiger partial charge in [-0.25, -0.2) is 0 Å². The molecule has 1 saturated heterocycles. The molecule has 1 aliphatic rings. The fourth-order valence-corrected chi connectivity index (χ4v) is 3.01. The average Bonchev–Trinajstić information content (AvgIpc) is 2.66. The zero-order chi connectivity index (χ0) is 10.5. The van der Waals surface area contributed by atoms with Gasteiger partial charge in [0.1, 0.15) is 0 Å². The molecule has 1 fully saturated rings. The minimum Gasteiger partial charge on any atom is -0.314 e. The van der Waals surface area contributed by atoms with E-state index in [1.165, 1.54) is 38.0 Å². The molecule has 2 nitrogen and oxygen atoms in total. The highest BCUT2D eigenvalue weighted by molar-refractivity contribution is 7.10. The van der Waals surface area contributed by atoms with Gasteiger partial charge in [0.15, 0.2) is 0 Å². The van der Waals surface area contributed by atoms with Gasteiger partial charge in [0.2, 0.25) is 0 Å². The van der Waals surface area contributed by atoms with Crippen molar-refractivity contribution in [3.8, 4) is 0 Å². The summed E-state index contributed by atoms with van der Waals surface area (Å²) in [7, 11) is 0. The van der Waals surface area contributed by atoms with Crippen molar-refractivity contribution in [1.29, 1.82) is 0 Å². The van der Waals surface area contributed by atoms with Crippen LogP contribution in [-0.2, 0) is 6.42 Å². The minimum absolute atomic E-state index is 1.16. The number of hydrogen-bond donors (Lipinski definition) is 1. The van der Waals surface area contributed by atoms with E-state index in [0.717, 1.165) is 13.1 Å². The van der Waals surface area contributed by atoms with Crippen LogP contribution in [0.25, 0.3) is 0 Å². The summed E-state index contributed by atoms with van der Waals surface area (Å²) < 4.78 is 0. The highest BCUT2D eigenvalue weighted by atomic mass is 32.1. The van der Waals surface area contributed by atoms with Crippen LogP contribution in [0.15, 0.2) is 11.4 Å². The van der Waals surface area contributed by atoms with Crippen LogP contribution in [0.5, 0.6) is 0 Å². The summed E-state index contributed by atoms with van der Waals surface area (Å²) in [6.45, 7) is 8.26. The fourth-order valence-electron chi connectivity index (χ4n) is 2.06. The first-order valence-electron chi connectivity index (χ1n) is 5.82. The van der Waals surface area contributed by atoms with E-state index in [-0.39, 0.29) is 0 Å². The summed E-state index contributed by atoms with van der Waals surface area (Å²) in [6.07, 6.45) is 2.56. The number of rotatable bonds is 4. The minimum atomic E-state index is 1.16. The van der Waals surface area contributed by atoms with E-state index < -0.39 is 0 Å². The van der Waals surface area contributed by atoms with Gasteiger partial charge in [0.05, 0.1) is 0 Å². The van der Waals surface area contributed by atoms with Crippen molar-refractivity contribution in [2.45, 2.75) is 19.8 Å². The number of thiophene rings is 1. The Hall–Kier alpha value is -0.380. The van der Waals surface area contributed by atoms with Gasteiger partial charge in [0.25, 0.3) is 0 Å². The van der Waals surface area contributed by atoms with Gasteiger partial charge in [-0.15, -0.1) is 11.3 Å². The molecular formula is C12H20N2S. The Kier molecular flexibility index (Phi) is 4.18. The zero-order valence-corrected chi connectivity index (χ0v) is 10.3. The number of aryl methyl sites for hydroxylation is 2.